The summed E-state index contributed by atoms with van der Waals surface area (Å²) in [6.45, 7) is 3.80. The number of hydrogen-bond acceptors (Lipinski definition) is 4. The van der Waals surface area contributed by atoms with Crippen molar-refractivity contribution in [1.29, 1.82) is 0 Å². The van der Waals surface area contributed by atoms with Gasteiger partial charge in [0.1, 0.15) is 6.61 Å². The predicted molar refractivity (Wildman–Crippen MR) is 61.4 cm³/mol. The van der Waals surface area contributed by atoms with Gasteiger partial charge in [-0.25, -0.2) is 4.98 Å². The summed E-state index contributed by atoms with van der Waals surface area (Å²) in [6.07, 6.45) is 0.0467. The number of alkyl halides is 1. The lowest BCUT2D eigenvalue weighted by molar-refractivity contribution is -0.121. The number of hydrogen-bond donors (Lipinski definition) is 1. The SMILES string of the molecule is CC(C)OCC(=O)Nc1nc(CCl)cs1. The van der Waals surface area contributed by atoms with Crippen molar-refractivity contribution in [3.05, 3.63) is 11.1 Å². The molecule has 1 N–H and O–H groups in total. The van der Waals surface area contributed by atoms with Crippen molar-refractivity contribution in [2.75, 3.05) is 11.9 Å². The van der Waals surface area contributed by atoms with Gasteiger partial charge in [0.15, 0.2) is 5.13 Å². The molecule has 6 heteroatoms. The monoisotopic (exact) mass is 248 g/mol. The smallest absolute Gasteiger partial charge is 0.252 e. The first-order valence-corrected chi connectivity index (χ1v) is 5.95. The summed E-state index contributed by atoms with van der Waals surface area (Å²) >= 11 is 6.94. The molecule has 0 fully saturated rings. The van der Waals surface area contributed by atoms with Crippen LogP contribution in [-0.2, 0) is 15.4 Å². The van der Waals surface area contributed by atoms with Crippen molar-refractivity contribution in [2.45, 2.75) is 25.8 Å². The molecule has 1 rings (SSSR count). The van der Waals surface area contributed by atoms with Crippen molar-refractivity contribution in [3.8, 4) is 0 Å². The Kier molecular flexibility index (Phi) is 5.01. The van der Waals surface area contributed by atoms with E-state index in [2.05, 4.69) is 10.3 Å². The minimum Gasteiger partial charge on any atom is -0.369 e. The van der Waals surface area contributed by atoms with Crippen molar-refractivity contribution >= 4 is 34.0 Å². The molecular weight excluding hydrogens is 236 g/mol. The largest absolute Gasteiger partial charge is 0.369 e. The van der Waals surface area contributed by atoms with Crippen molar-refractivity contribution < 1.29 is 9.53 Å². The minimum absolute atomic E-state index is 0.0467. The summed E-state index contributed by atoms with van der Waals surface area (Å²) < 4.78 is 5.15. The van der Waals surface area contributed by atoms with Crippen LogP contribution in [0, 0.1) is 0 Å². The molecule has 4 nitrogen and oxygen atoms in total. The van der Waals surface area contributed by atoms with E-state index in [0.29, 0.717) is 11.0 Å². The van der Waals surface area contributed by atoms with Crippen molar-refractivity contribution in [3.63, 3.8) is 0 Å². The van der Waals surface area contributed by atoms with E-state index in [1.807, 2.05) is 19.2 Å². The van der Waals surface area contributed by atoms with E-state index in [-0.39, 0.29) is 18.6 Å². The summed E-state index contributed by atoms with van der Waals surface area (Å²) in [7, 11) is 0. The number of nitrogens with one attached hydrogen (secondary N) is 1. The predicted octanol–water partition coefficient (Wildman–Crippen LogP) is 2.25. The Hall–Kier alpha value is -0.650. The second kappa shape index (κ2) is 6.05. The van der Waals surface area contributed by atoms with Crippen LogP contribution >= 0.6 is 22.9 Å². The lowest BCUT2D eigenvalue weighted by Gasteiger charge is -2.06. The Morgan fingerprint density at radius 3 is 3.00 bits per heavy atom. The quantitative estimate of drug-likeness (QED) is 0.814. The number of rotatable bonds is 5. The van der Waals surface area contributed by atoms with Gasteiger partial charge in [0, 0.05) is 5.38 Å². The van der Waals surface area contributed by atoms with Crippen LogP contribution in [0.3, 0.4) is 0 Å². The van der Waals surface area contributed by atoms with Gasteiger partial charge in [-0.05, 0) is 13.8 Å². The number of nitrogens with zero attached hydrogens (tertiary/aromatic N) is 1. The molecule has 0 atom stereocenters. The fourth-order valence-electron chi connectivity index (χ4n) is 0.823. The third kappa shape index (κ3) is 4.59. The first-order chi connectivity index (χ1) is 7.11. The molecule has 0 bridgehead atoms. The Morgan fingerprint density at radius 2 is 2.47 bits per heavy atom. The maximum atomic E-state index is 11.3. The van der Waals surface area contributed by atoms with E-state index in [9.17, 15) is 4.79 Å². The normalized spacial score (nSPS) is 10.7. The van der Waals surface area contributed by atoms with E-state index < -0.39 is 0 Å². The molecule has 0 saturated heterocycles. The molecule has 0 aliphatic rings. The maximum absolute atomic E-state index is 11.3. The molecule has 1 heterocycles. The van der Waals surface area contributed by atoms with E-state index >= 15 is 0 Å². The molecule has 0 aromatic carbocycles. The number of aromatic nitrogens is 1. The number of carbonyl (C=O) groups is 1. The van der Waals surface area contributed by atoms with Crippen molar-refractivity contribution in [2.24, 2.45) is 0 Å². The highest BCUT2D eigenvalue weighted by Gasteiger charge is 2.07. The van der Waals surface area contributed by atoms with Crippen LogP contribution in [0.5, 0.6) is 0 Å². The summed E-state index contributed by atoms with van der Waals surface area (Å²) in [5.74, 6) is 0.161. The standard InChI is InChI=1S/C9H13ClN2O2S/c1-6(2)14-4-8(13)12-9-11-7(3-10)5-15-9/h5-6H,3-4H2,1-2H3,(H,11,12,13). The molecule has 84 valence electrons. The molecule has 0 spiro atoms. The molecule has 0 aliphatic heterocycles. The van der Waals surface area contributed by atoms with Gasteiger partial charge in [-0.1, -0.05) is 0 Å². The third-order valence-electron chi connectivity index (χ3n) is 1.48. The number of carbonyl (C=O) groups excluding carboxylic acids is 1. The molecule has 1 aromatic heterocycles. The number of anilines is 1. The summed E-state index contributed by atoms with van der Waals surface area (Å²) in [6, 6.07) is 0. The molecule has 0 saturated carbocycles. The van der Waals surface area contributed by atoms with Gasteiger partial charge in [0.25, 0.3) is 5.91 Å². The lowest BCUT2D eigenvalue weighted by atomic mass is 10.5. The fraction of sp³-hybridized carbons (Fsp3) is 0.556. The second-order valence-corrected chi connectivity index (χ2v) is 4.31. The minimum atomic E-state index is -0.195. The zero-order chi connectivity index (χ0) is 11.3. The molecule has 0 aliphatic carbocycles. The topological polar surface area (TPSA) is 51.2 Å². The summed E-state index contributed by atoms with van der Waals surface area (Å²) in [4.78, 5) is 15.4. The van der Waals surface area contributed by atoms with Gasteiger partial charge in [-0.3, -0.25) is 10.1 Å². The summed E-state index contributed by atoms with van der Waals surface area (Å²) in [5.41, 5.74) is 0.766. The van der Waals surface area contributed by atoms with E-state index in [1.54, 1.807) is 0 Å². The molecule has 15 heavy (non-hydrogen) atoms. The van der Waals surface area contributed by atoms with Gasteiger partial charge >= 0.3 is 0 Å². The van der Waals surface area contributed by atoms with E-state index in [4.69, 9.17) is 16.3 Å². The highest BCUT2D eigenvalue weighted by molar-refractivity contribution is 7.13. The van der Waals surface area contributed by atoms with Crippen LogP contribution < -0.4 is 5.32 Å². The highest BCUT2D eigenvalue weighted by Crippen LogP contribution is 2.16. The molecule has 0 unspecified atom stereocenters. The van der Waals surface area contributed by atoms with Gasteiger partial charge in [0.2, 0.25) is 0 Å². The number of amides is 1. The van der Waals surface area contributed by atoms with Crippen LogP contribution in [0.1, 0.15) is 19.5 Å². The first-order valence-electron chi connectivity index (χ1n) is 4.53. The summed E-state index contributed by atoms with van der Waals surface area (Å²) in [5, 5.41) is 5.01. The average Bonchev–Trinajstić information content (AvgIpc) is 2.62. The zero-order valence-corrected chi connectivity index (χ0v) is 10.2. The fourth-order valence-corrected chi connectivity index (χ4v) is 1.78. The van der Waals surface area contributed by atoms with Crippen LogP contribution in [0.2, 0.25) is 0 Å². The Labute approximate surface area is 97.6 Å². The third-order valence-corrected chi connectivity index (χ3v) is 2.56. The van der Waals surface area contributed by atoms with E-state index in [0.717, 1.165) is 5.69 Å². The second-order valence-electron chi connectivity index (χ2n) is 3.19. The Bertz CT molecular complexity index is 328. The van der Waals surface area contributed by atoms with Crippen molar-refractivity contribution in [1.82, 2.24) is 4.98 Å². The van der Waals surface area contributed by atoms with E-state index in [1.165, 1.54) is 11.3 Å². The average molecular weight is 249 g/mol. The number of halogens is 1. The molecule has 0 radical (unpaired) electrons. The number of thiazole rings is 1. The van der Waals surface area contributed by atoms with Crippen LogP contribution in [0.25, 0.3) is 0 Å². The van der Waals surface area contributed by atoms with Gasteiger partial charge in [-0.2, -0.15) is 0 Å². The first kappa shape index (κ1) is 12.4. The highest BCUT2D eigenvalue weighted by atomic mass is 35.5. The Morgan fingerprint density at radius 1 is 1.73 bits per heavy atom. The van der Waals surface area contributed by atoms with Crippen LogP contribution in [0.4, 0.5) is 5.13 Å². The lowest BCUT2D eigenvalue weighted by Crippen LogP contribution is -2.20. The molecule has 1 aromatic rings. The maximum Gasteiger partial charge on any atom is 0.252 e. The van der Waals surface area contributed by atoms with Crippen LogP contribution in [0.15, 0.2) is 5.38 Å². The van der Waals surface area contributed by atoms with Gasteiger partial charge in [0.05, 0.1) is 17.7 Å². The zero-order valence-electron chi connectivity index (χ0n) is 8.62. The number of ether oxygens (including phenoxy) is 1. The van der Waals surface area contributed by atoms with Gasteiger partial charge < -0.3 is 4.74 Å². The van der Waals surface area contributed by atoms with Gasteiger partial charge in [-0.15, -0.1) is 22.9 Å². The van der Waals surface area contributed by atoms with Crippen LogP contribution in [-0.4, -0.2) is 23.6 Å². The molecule has 1 amide bonds. The molecular formula is C9H13ClN2O2S. The Balaban J connectivity index is 2.37.